The number of anilines is 2. The molecular formula is C26H21ClN2O5. The third-order valence-corrected chi connectivity index (χ3v) is 7.61. The number of carbonyl (C=O) groups is 4. The van der Waals surface area contributed by atoms with E-state index in [1.807, 2.05) is 0 Å². The van der Waals surface area contributed by atoms with Gasteiger partial charge in [-0.25, -0.2) is 4.90 Å². The van der Waals surface area contributed by atoms with Crippen LogP contribution < -0.4 is 14.5 Å². The van der Waals surface area contributed by atoms with Crippen LogP contribution in [0.1, 0.15) is 12.8 Å². The first-order valence-electron chi connectivity index (χ1n) is 11.3. The number of imide groups is 1. The number of fused-ring (bicyclic) bond motifs is 5. The van der Waals surface area contributed by atoms with Crippen LogP contribution in [0.5, 0.6) is 5.75 Å². The van der Waals surface area contributed by atoms with Gasteiger partial charge >= 0.3 is 5.97 Å². The van der Waals surface area contributed by atoms with Gasteiger partial charge in [-0.3, -0.25) is 19.2 Å². The van der Waals surface area contributed by atoms with Crippen LogP contribution in [0.3, 0.4) is 0 Å². The monoisotopic (exact) mass is 476 g/mol. The topological polar surface area (TPSA) is 84.0 Å². The van der Waals surface area contributed by atoms with Crippen LogP contribution in [0.25, 0.3) is 0 Å². The Bertz CT molecular complexity index is 1230. The molecule has 0 aromatic heterocycles. The predicted molar refractivity (Wildman–Crippen MR) is 124 cm³/mol. The van der Waals surface area contributed by atoms with Crippen LogP contribution in [0, 0.1) is 29.6 Å². The number of allylic oxidation sites excluding steroid dienone is 2. The molecule has 2 aliphatic heterocycles. The Labute approximate surface area is 200 Å². The van der Waals surface area contributed by atoms with Gasteiger partial charge in [-0.15, -0.1) is 0 Å². The molecule has 4 aliphatic rings. The number of hydrogen-bond donors (Lipinski definition) is 0. The number of halogens is 1. The average molecular weight is 477 g/mol. The van der Waals surface area contributed by atoms with Crippen molar-refractivity contribution >= 4 is 46.7 Å². The zero-order valence-corrected chi connectivity index (χ0v) is 18.9. The Morgan fingerprint density at radius 2 is 1.59 bits per heavy atom. The van der Waals surface area contributed by atoms with E-state index in [1.165, 1.54) is 11.0 Å². The summed E-state index contributed by atoms with van der Waals surface area (Å²) in [5.41, 5.74) is 1.08. The van der Waals surface area contributed by atoms with Crippen LogP contribution in [0.15, 0.2) is 60.7 Å². The lowest BCUT2D eigenvalue weighted by Gasteiger charge is -2.18. The van der Waals surface area contributed by atoms with Gasteiger partial charge in [0.1, 0.15) is 5.75 Å². The molecule has 2 heterocycles. The lowest BCUT2D eigenvalue weighted by atomic mass is 9.85. The molecule has 34 heavy (non-hydrogen) atoms. The summed E-state index contributed by atoms with van der Waals surface area (Å²) in [5, 5.41) is 0.564. The number of carbonyl (C=O) groups excluding carboxylic acids is 4. The molecule has 6 rings (SSSR count). The summed E-state index contributed by atoms with van der Waals surface area (Å²) < 4.78 is 5.57. The molecule has 5 atom stereocenters. The zero-order valence-electron chi connectivity index (χ0n) is 18.1. The van der Waals surface area contributed by atoms with Crippen LogP contribution in [0.4, 0.5) is 11.4 Å². The summed E-state index contributed by atoms with van der Waals surface area (Å²) in [6, 6.07) is 13.3. The van der Waals surface area contributed by atoms with Gasteiger partial charge in [0.25, 0.3) is 0 Å². The van der Waals surface area contributed by atoms with E-state index in [0.717, 1.165) is 6.42 Å². The fourth-order valence-electron chi connectivity index (χ4n) is 5.78. The third-order valence-electron chi connectivity index (χ3n) is 7.36. The molecule has 2 bridgehead atoms. The first kappa shape index (κ1) is 21.1. The molecule has 8 heteroatoms. The summed E-state index contributed by atoms with van der Waals surface area (Å²) in [6.45, 7) is 0.210. The van der Waals surface area contributed by atoms with E-state index in [4.69, 9.17) is 16.3 Å². The number of esters is 1. The van der Waals surface area contributed by atoms with Gasteiger partial charge in [-0.05, 0) is 54.7 Å². The van der Waals surface area contributed by atoms with E-state index in [2.05, 4.69) is 12.2 Å². The second kappa shape index (κ2) is 7.81. The predicted octanol–water partition coefficient (Wildman–Crippen LogP) is 3.61. The van der Waals surface area contributed by atoms with Crippen molar-refractivity contribution in [3.8, 4) is 5.75 Å². The number of nitrogens with zero attached hydrogens (tertiary/aromatic N) is 2. The maximum Gasteiger partial charge on any atom is 0.316 e. The van der Waals surface area contributed by atoms with E-state index in [0.29, 0.717) is 16.4 Å². The highest BCUT2D eigenvalue weighted by Crippen LogP contribution is 2.53. The fourth-order valence-corrected chi connectivity index (χ4v) is 5.90. The van der Waals surface area contributed by atoms with Crippen molar-refractivity contribution in [3.05, 3.63) is 65.7 Å². The summed E-state index contributed by atoms with van der Waals surface area (Å²) >= 11 is 5.92. The summed E-state index contributed by atoms with van der Waals surface area (Å²) in [4.78, 5) is 54.2. The molecule has 1 saturated carbocycles. The van der Waals surface area contributed by atoms with Crippen molar-refractivity contribution in [1.82, 2.24) is 0 Å². The molecule has 3 amide bonds. The lowest BCUT2D eigenvalue weighted by molar-refractivity contribution is -0.139. The standard InChI is InChI=1S/C26H21ClN2O5/c27-17-6-8-18(9-7-17)28-13-16(11-21(28)30)26(33)34-20-3-1-2-19(12-20)29-24(31)22-14-4-5-15(10-14)23(22)25(29)32/h1-9,12,14-16,22-23H,10-11,13H2/t14-,15-,16+,22-,23+/m0/s1. The van der Waals surface area contributed by atoms with Crippen molar-refractivity contribution in [2.24, 2.45) is 29.6 Å². The van der Waals surface area contributed by atoms with Crippen molar-refractivity contribution in [2.75, 3.05) is 16.3 Å². The summed E-state index contributed by atoms with van der Waals surface area (Å²) in [5.74, 6) is -1.79. The van der Waals surface area contributed by atoms with Crippen LogP contribution >= 0.6 is 11.6 Å². The molecule has 2 aromatic rings. The molecule has 0 radical (unpaired) electrons. The minimum atomic E-state index is -0.622. The van der Waals surface area contributed by atoms with Crippen molar-refractivity contribution in [2.45, 2.75) is 12.8 Å². The minimum absolute atomic E-state index is 0.0450. The Balaban J connectivity index is 1.16. The Morgan fingerprint density at radius 1 is 0.912 bits per heavy atom. The Kier molecular flexibility index (Phi) is 4.85. The van der Waals surface area contributed by atoms with Gasteiger partial charge in [0.2, 0.25) is 17.7 Å². The second-order valence-corrected chi connectivity index (χ2v) is 9.75. The number of rotatable bonds is 4. The highest BCUT2D eigenvalue weighted by Gasteiger charge is 2.59. The second-order valence-electron chi connectivity index (χ2n) is 9.31. The van der Waals surface area contributed by atoms with E-state index in [1.54, 1.807) is 47.4 Å². The van der Waals surface area contributed by atoms with Crippen molar-refractivity contribution in [3.63, 3.8) is 0 Å². The Hall–Kier alpha value is -3.45. The number of benzene rings is 2. The van der Waals surface area contributed by atoms with E-state index in [9.17, 15) is 19.2 Å². The summed E-state index contributed by atoms with van der Waals surface area (Å²) in [7, 11) is 0. The van der Waals surface area contributed by atoms with Gasteiger partial charge in [0.15, 0.2) is 0 Å². The molecule has 0 unspecified atom stereocenters. The van der Waals surface area contributed by atoms with Crippen molar-refractivity contribution < 1.29 is 23.9 Å². The van der Waals surface area contributed by atoms with Gasteiger partial charge in [0.05, 0.1) is 23.4 Å². The molecule has 3 fully saturated rings. The van der Waals surface area contributed by atoms with E-state index >= 15 is 0 Å². The quantitative estimate of drug-likeness (QED) is 0.291. The average Bonchev–Trinajstić information content (AvgIpc) is 3.58. The lowest BCUT2D eigenvalue weighted by Crippen LogP contribution is -2.32. The third kappa shape index (κ3) is 3.26. The van der Waals surface area contributed by atoms with Crippen molar-refractivity contribution in [1.29, 1.82) is 0 Å². The van der Waals surface area contributed by atoms with E-state index in [-0.39, 0.29) is 60.1 Å². The first-order chi connectivity index (χ1) is 16.4. The first-order valence-corrected chi connectivity index (χ1v) is 11.7. The van der Waals surface area contributed by atoms with Gasteiger partial charge < -0.3 is 9.64 Å². The van der Waals surface area contributed by atoms with Gasteiger partial charge in [-0.1, -0.05) is 29.8 Å². The molecule has 2 saturated heterocycles. The highest BCUT2D eigenvalue weighted by molar-refractivity contribution is 6.30. The maximum atomic E-state index is 13.1. The molecule has 0 spiro atoms. The van der Waals surface area contributed by atoms with Crippen LogP contribution in [-0.2, 0) is 19.2 Å². The van der Waals surface area contributed by atoms with Gasteiger partial charge in [0, 0.05) is 29.7 Å². The fraction of sp³-hybridized carbons (Fsp3) is 0.308. The SMILES string of the molecule is O=C(Oc1cccc(N2C(=O)[C@@H]3[C@H](C2=O)[C@H]2C=C[C@H]3C2)c1)[C@@H]1CC(=O)N(c2ccc(Cl)cc2)C1. The van der Waals surface area contributed by atoms with Gasteiger partial charge in [-0.2, -0.15) is 0 Å². The normalized spacial score (nSPS) is 29.3. The maximum absolute atomic E-state index is 13.1. The van der Waals surface area contributed by atoms with Crippen LogP contribution in [0.2, 0.25) is 5.02 Å². The minimum Gasteiger partial charge on any atom is -0.426 e. The Morgan fingerprint density at radius 3 is 2.26 bits per heavy atom. The smallest absolute Gasteiger partial charge is 0.316 e. The largest absolute Gasteiger partial charge is 0.426 e. The molecule has 2 aliphatic carbocycles. The molecule has 0 N–H and O–H groups in total. The highest BCUT2D eigenvalue weighted by atomic mass is 35.5. The zero-order chi connectivity index (χ0) is 23.6. The summed E-state index contributed by atoms with van der Waals surface area (Å²) in [6.07, 6.45) is 5.01. The molecular weight excluding hydrogens is 456 g/mol. The molecule has 7 nitrogen and oxygen atoms in total. The number of amides is 3. The number of hydrogen-bond acceptors (Lipinski definition) is 5. The number of ether oxygens (including phenoxy) is 1. The molecule has 172 valence electrons. The molecule has 2 aromatic carbocycles. The van der Waals surface area contributed by atoms with Crippen LogP contribution in [-0.4, -0.2) is 30.2 Å². The van der Waals surface area contributed by atoms with E-state index < -0.39 is 11.9 Å².